The molecular weight excluding hydrogens is 1200 g/mol. The van der Waals surface area contributed by atoms with E-state index in [1.165, 1.54) is 38.5 Å². The van der Waals surface area contributed by atoms with Crippen molar-refractivity contribution in [3.05, 3.63) is 0 Å². The lowest BCUT2D eigenvalue weighted by Gasteiger charge is -2.48. The number of ether oxygens (including phenoxy) is 4. The molecule has 0 amide bonds. The number of ketones is 3. The molecule has 19 nitrogen and oxygen atoms in total. The summed E-state index contributed by atoms with van der Waals surface area (Å²) in [5.74, 6) is 0.977. The maximum atomic E-state index is 14.1. The van der Waals surface area contributed by atoms with Crippen LogP contribution in [0.4, 0.5) is 0 Å². The van der Waals surface area contributed by atoms with Crippen molar-refractivity contribution >= 4 is 61.7 Å². The fraction of sp³-hybridized carbons (Fsp3) is 0.953. The smallest absolute Gasteiger partial charge is 0.270 e. The zero-order valence-electron chi connectivity index (χ0n) is 52.5. The Labute approximate surface area is 527 Å². The summed E-state index contributed by atoms with van der Waals surface area (Å²) >= 11 is 1.18. The molecule has 9 saturated carbocycles. The number of rotatable bonds is 25. The second-order valence-electron chi connectivity index (χ2n) is 29.8. The van der Waals surface area contributed by atoms with E-state index in [0.717, 1.165) is 140 Å². The van der Waals surface area contributed by atoms with E-state index in [9.17, 15) is 40.3 Å². The van der Waals surface area contributed by atoms with Gasteiger partial charge in [-0.25, -0.2) is 10.5 Å². The summed E-state index contributed by atoms with van der Waals surface area (Å²) in [7, 11) is -7.54. The number of hydrogen-bond acceptors (Lipinski definition) is 19. The lowest BCUT2D eigenvalue weighted by molar-refractivity contribution is -0.432. The van der Waals surface area contributed by atoms with Gasteiger partial charge in [0.25, 0.3) is 20.2 Å². The van der Waals surface area contributed by atoms with Gasteiger partial charge in [0.15, 0.2) is 0 Å². The first kappa shape index (κ1) is 70.4. The predicted molar refractivity (Wildman–Crippen MR) is 330 cm³/mol. The second kappa shape index (κ2) is 31.6. The number of Topliss-reactive ketones (excluding diaryl/α,β-unsaturated/α-hetero) is 3. The van der Waals surface area contributed by atoms with Crippen LogP contribution in [0, 0.1) is 70.0 Å². The van der Waals surface area contributed by atoms with Crippen LogP contribution in [-0.2, 0) is 72.3 Å². The first-order valence-corrected chi connectivity index (χ1v) is 38.4. The van der Waals surface area contributed by atoms with E-state index in [1.54, 1.807) is 0 Å². The van der Waals surface area contributed by atoms with Crippen LogP contribution in [0.2, 0.25) is 0 Å². The van der Waals surface area contributed by atoms with Crippen LogP contribution in [0.15, 0.2) is 0 Å². The third-order valence-electron chi connectivity index (χ3n) is 24.4. The Kier molecular flexibility index (Phi) is 25.6. The van der Waals surface area contributed by atoms with E-state index < -0.39 is 65.0 Å². The van der Waals surface area contributed by atoms with Crippen molar-refractivity contribution in [2.75, 3.05) is 7.11 Å². The van der Waals surface area contributed by atoms with Crippen molar-refractivity contribution in [1.29, 1.82) is 0 Å². The zero-order valence-corrected chi connectivity index (χ0v) is 55.8. The Morgan fingerprint density at radius 3 is 1.18 bits per heavy atom. The fourth-order valence-electron chi connectivity index (χ4n) is 18.8. The van der Waals surface area contributed by atoms with Crippen molar-refractivity contribution in [3.8, 4) is 0 Å². The van der Waals surface area contributed by atoms with E-state index in [-0.39, 0.29) is 85.6 Å². The first-order valence-electron chi connectivity index (χ1n) is 33.7. The highest BCUT2D eigenvalue weighted by molar-refractivity contribution is 7.95. The van der Waals surface area contributed by atoms with E-state index in [0.29, 0.717) is 78.0 Å². The quantitative estimate of drug-likeness (QED) is 0.0286. The molecule has 0 aromatic heterocycles. The number of methoxy groups -OCH3 is 1. The maximum absolute atomic E-state index is 14.1. The number of carbonyl (C=O) groups excluding carboxylic acids is 3. The minimum absolute atomic E-state index is 0.00138. The minimum Gasteiger partial charge on any atom is -0.381 e. The minimum atomic E-state index is -4.82. The molecule has 9 atom stereocenters. The van der Waals surface area contributed by atoms with Gasteiger partial charge < -0.3 is 18.9 Å². The number of carbonyl (C=O) groups is 3. The van der Waals surface area contributed by atoms with Gasteiger partial charge in [0, 0.05) is 72.0 Å². The van der Waals surface area contributed by atoms with Gasteiger partial charge in [0.2, 0.25) is 0 Å². The van der Waals surface area contributed by atoms with Crippen molar-refractivity contribution in [1.82, 2.24) is 0 Å². The molecule has 9 rings (SSSR count). The van der Waals surface area contributed by atoms with Crippen LogP contribution in [-0.4, -0.2) is 125 Å². The van der Waals surface area contributed by atoms with Crippen LogP contribution in [0.1, 0.15) is 240 Å². The summed E-state index contributed by atoms with van der Waals surface area (Å²) in [6.07, 6.45) is 27.0. The Morgan fingerprint density at radius 1 is 0.402 bits per heavy atom. The van der Waals surface area contributed by atoms with Crippen LogP contribution >= 0.6 is 24.1 Å². The van der Waals surface area contributed by atoms with Gasteiger partial charge in [-0.1, -0.05) is 44.2 Å². The summed E-state index contributed by atoms with van der Waals surface area (Å²) in [6.45, 7) is 9.76. The molecule has 500 valence electrons. The molecule has 9 unspecified atom stereocenters. The Morgan fingerprint density at radius 2 is 0.782 bits per heavy atom. The van der Waals surface area contributed by atoms with Gasteiger partial charge in [0.05, 0.1) is 53.2 Å². The molecule has 0 bridgehead atoms. The van der Waals surface area contributed by atoms with Gasteiger partial charge >= 0.3 is 0 Å². The van der Waals surface area contributed by atoms with Crippen molar-refractivity contribution in [2.45, 2.75) is 303 Å². The van der Waals surface area contributed by atoms with Crippen molar-refractivity contribution in [3.63, 3.8) is 0 Å². The molecular formula is C64H106O19S4. The highest BCUT2D eigenvalue weighted by atomic mass is 32.2. The predicted octanol–water partition coefficient (Wildman–Crippen LogP) is 13.6. The van der Waals surface area contributed by atoms with Gasteiger partial charge in [0.1, 0.15) is 22.6 Å². The molecule has 0 saturated heterocycles. The summed E-state index contributed by atoms with van der Waals surface area (Å²) in [5.41, 5.74) is 0.383. The molecule has 0 aliphatic heterocycles. The summed E-state index contributed by atoms with van der Waals surface area (Å²) in [4.78, 5) is 42.3. The fourth-order valence-corrected chi connectivity index (χ4v) is 22.7. The van der Waals surface area contributed by atoms with Gasteiger partial charge in [-0.3, -0.25) is 23.5 Å². The van der Waals surface area contributed by atoms with Crippen molar-refractivity contribution in [2.24, 2.45) is 70.0 Å². The summed E-state index contributed by atoms with van der Waals surface area (Å²) < 4.78 is 106. The Hall–Kier alpha value is -0.870. The first-order chi connectivity index (χ1) is 41.4. The molecule has 0 heterocycles. The third-order valence-corrected chi connectivity index (χ3v) is 28.5. The lowest BCUT2D eigenvalue weighted by atomic mass is 9.60. The van der Waals surface area contributed by atoms with Gasteiger partial charge in [-0.05, 0) is 240 Å². The average molecular weight is 1310 g/mol. The van der Waals surface area contributed by atoms with Crippen LogP contribution in [0.5, 0.6) is 0 Å². The lowest BCUT2D eigenvalue weighted by Crippen LogP contribution is -2.52. The Bertz CT molecular complexity index is 2420. The zero-order chi connectivity index (χ0) is 62.3. The molecule has 0 radical (unpaired) electrons. The average Bonchev–Trinajstić information content (AvgIpc) is 1.46. The topological polar surface area (TPSA) is 274 Å². The molecule has 4 N–H and O–H groups in total. The molecule has 0 aromatic carbocycles. The highest BCUT2D eigenvalue weighted by Gasteiger charge is 2.52. The molecule has 87 heavy (non-hydrogen) atoms. The maximum Gasteiger partial charge on any atom is 0.270 e. The van der Waals surface area contributed by atoms with Gasteiger partial charge in [-0.15, -0.1) is 8.67 Å². The van der Waals surface area contributed by atoms with E-state index in [2.05, 4.69) is 42.1 Å². The monoisotopic (exact) mass is 1310 g/mol. The van der Waals surface area contributed by atoms with E-state index in [4.69, 9.17) is 33.8 Å². The van der Waals surface area contributed by atoms with Crippen LogP contribution in [0.3, 0.4) is 0 Å². The van der Waals surface area contributed by atoms with E-state index >= 15 is 0 Å². The largest absolute Gasteiger partial charge is 0.381 e. The summed E-state index contributed by atoms with van der Waals surface area (Å²) in [5, 5.41) is 20.9. The third kappa shape index (κ3) is 18.3. The highest BCUT2D eigenvalue weighted by Crippen LogP contribution is 2.53. The Balaban J connectivity index is 0.668. The molecule has 0 aromatic rings. The molecule has 9 aliphatic rings. The SMILES string of the molecule is COC1CCC(C(C)(C)C2CCC(OC3CCC(C(=O)C4CCCC(C(=O)C5CCC(OC6CCC(C(C)(C)C7CCC(OC8C(SOOO)CC(C(=O)C9CC(SOOO)CC(S(=O)(=O)O)C9)CC8S(=O)(=O)O)CC7)CC6)CC5)C4)CC3)CC2)CC1. The second-order valence-corrected chi connectivity index (χ2v) is 35.0. The standard InChI is InChI=1S/C64H106O19S4/c1-63(2,45-13-25-49(76-5)26-14-45)46-15-27-52(28-16-46)77-50-21-9-39(10-22-50)59(65)41-7-6-8-42(33-41)60(66)40-11-23-51(24-12-40)78-53-29-17-47(18-30-53)64(3,4)48-19-31-54(32-20-48)79-62-57(85-83-81-69)36-44(37-58(62)87(73,74)75)61(67)43-34-55(84-82-80-68)38-56(35-43)86(70,71)72/h39-58,62,68-69H,6-38H2,1-5H3,(H,70,71,72)(H,73,74,75). The number of hydrogen-bond donors (Lipinski definition) is 4. The molecule has 0 spiro atoms. The molecule has 9 fully saturated rings. The molecule has 9 aliphatic carbocycles. The van der Waals surface area contributed by atoms with Gasteiger partial charge in [-0.2, -0.15) is 16.8 Å². The normalized spacial score (nSPS) is 39.9. The summed E-state index contributed by atoms with van der Waals surface area (Å²) in [6, 6.07) is 0. The van der Waals surface area contributed by atoms with Crippen molar-refractivity contribution < 1.29 is 88.5 Å². The van der Waals surface area contributed by atoms with E-state index in [1.807, 2.05) is 7.11 Å². The van der Waals surface area contributed by atoms with Crippen LogP contribution in [0.25, 0.3) is 0 Å². The molecule has 23 heteroatoms. The van der Waals surface area contributed by atoms with Crippen LogP contribution < -0.4 is 0 Å².